The average molecular weight is 338 g/mol. The van der Waals surface area contributed by atoms with Crippen molar-refractivity contribution in [2.45, 2.75) is 25.9 Å². The van der Waals surface area contributed by atoms with Crippen LogP contribution in [0, 0.1) is 0 Å². The highest BCUT2D eigenvalue weighted by Gasteiger charge is 2.30. The number of halogens is 1. The monoisotopic (exact) mass is 337 g/mol. The van der Waals surface area contributed by atoms with Gasteiger partial charge < -0.3 is 10.2 Å². The van der Waals surface area contributed by atoms with E-state index in [4.69, 9.17) is 16.6 Å². The molecule has 24 heavy (non-hydrogen) atoms. The fourth-order valence-electron chi connectivity index (χ4n) is 3.38. The van der Waals surface area contributed by atoms with Gasteiger partial charge in [0.2, 0.25) is 0 Å². The Balaban J connectivity index is 1.83. The van der Waals surface area contributed by atoms with Gasteiger partial charge in [-0.1, -0.05) is 55.3 Å². The van der Waals surface area contributed by atoms with Crippen LogP contribution in [0.25, 0.3) is 0 Å². The van der Waals surface area contributed by atoms with Crippen molar-refractivity contribution in [3.63, 3.8) is 0 Å². The molecular weight excluding hydrogens is 318 g/mol. The molecule has 1 atom stereocenters. The summed E-state index contributed by atoms with van der Waals surface area (Å²) in [6.07, 6.45) is 4.59. The molecule has 0 aromatic heterocycles. The molecule has 1 unspecified atom stereocenters. The second-order valence-corrected chi connectivity index (χ2v) is 6.62. The maximum absolute atomic E-state index is 6.30. The summed E-state index contributed by atoms with van der Waals surface area (Å²) in [7, 11) is 0. The lowest BCUT2D eigenvalue weighted by Crippen LogP contribution is -2.38. The Bertz CT molecular complexity index is 811. The number of rotatable bonds is 3. The molecule has 0 saturated carbocycles. The Hall–Kier alpha value is -2.26. The second kappa shape index (κ2) is 6.33. The molecule has 4 rings (SSSR count). The molecule has 2 heterocycles. The van der Waals surface area contributed by atoms with Crippen LogP contribution in [0.15, 0.2) is 65.4 Å². The van der Waals surface area contributed by atoms with E-state index < -0.39 is 0 Å². The van der Waals surface area contributed by atoms with E-state index in [0.717, 1.165) is 40.4 Å². The number of nitrogens with one attached hydrogen (secondary N) is 1. The van der Waals surface area contributed by atoms with Crippen LogP contribution < -0.4 is 10.2 Å². The number of benzene rings is 2. The van der Waals surface area contributed by atoms with Crippen molar-refractivity contribution >= 4 is 23.0 Å². The second-order valence-electron chi connectivity index (χ2n) is 6.19. The van der Waals surface area contributed by atoms with Gasteiger partial charge >= 0.3 is 0 Å². The zero-order valence-corrected chi connectivity index (χ0v) is 14.4. The van der Waals surface area contributed by atoms with Crippen molar-refractivity contribution in [2.24, 2.45) is 4.99 Å². The molecule has 0 radical (unpaired) electrons. The summed E-state index contributed by atoms with van der Waals surface area (Å²) >= 11 is 6.30. The first kappa shape index (κ1) is 15.3. The lowest BCUT2D eigenvalue weighted by atomic mass is 10.0. The molecule has 122 valence electrons. The molecule has 0 aliphatic carbocycles. The van der Waals surface area contributed by atoms with Gasteiger partial charge in [0.25, 0.3) is 0 Å². The highest BCUT2D eigenvalue weighted by atomic mass is 35.5. The Morgan fingerprint density at radius 1 is 1.21 bits per heavy atom. The maximum Gasteiger partial charge on any atom is 0.123 e. The van der Waals surface area contributed by atoms with E-state index in [-0.39, 0.29) is 6.17 Å². The largest absolute Gasteiger partial charge is 0.366 e. The SMILES string of the molecule is CCCC1=CN2c3ccc(Cl)cc3C(c3ccccc3)=NCC2N1. The summed E-state index contributed by atoms with van der Waals surface area (Å²) in [6, 6.07) is 16.4. The molecule has 0 bridgehead atoms. The third-order valence-corrected chi connectivity index (χ3v) is 4.70. The first-order valence-corrected chi connectivity index (χ1v) is 8.79. The van der Waals surface area contributed by atoms with Gasteiger partial charge in [0, 0.05) is 28.0 Å². The summed E-state index contributed by atoms with van der Waals surface area (Å²) in [4.78, 5) is 7.24. The van der Waals surface area contributed by atoms with Crippen LogP contribution in [-0.4, -0.2) is 18.4 Å². The summed E-state index contributed by atoms with van der Waals surface area (Å²) in [6.45, 7) is 2.91. The van der Waals surface area contributed by atoms with E-state index >= 15 is 0 Å². The number of hydrogen-bond donors (Lipinski definition) is 1. The molecule has 2 aliphatic rings. The highest BCUT2D eigenvalue weighted by Crippen LogP contribution is 2.33. The van der Waals surface area contributed by atoms with E-state index in [2.05, 4.69) is 41.5 Å². The minimum Gasteiger partial charge on any atom is -0.366 e. The van der Waals surface area contributed by atoms with E-state index in [9.17, 15) is 0 Å². The van der Waals surface area contributed by atoms with Gasteiger partial charge in [0.15, 0.2) is 0 Å². The number of hydrogen-bond acceptors (Lipinski definition) is 3. The molecule has 0 fully saturated rings. The predicted octanol–water partition coefficient (Wildman–Crippen LogP) is 4.57. The molecule has 2 aromatic carbocycles. The number of aliphatic imine (C=N–C) groups is 1. The van der Waals surface area contributed by atoms with Crippen molar-refractivity contribution in [3.8, 4) is 0 Å². The molecule has 0 amide bonds. The minimum absolute atomic E-state index is 0.174. The normalized spacial score (nSPS) is 18.9. The third kappa shape index (κ3) is 2.69. The van der Waals surface area contributed by atoms with Crippen molar-refractivity contribution in [3.05, 3.63) is 76.6 Å². The summed E-state index contributed by atoms with van der Waals surface area (Å²) in [5.74, 6) is 0. The third-order valence-electron chi connectivity index (χ3n) is 4.46. The van der Waals surface area contributed by atoms with Crippen LogP contribution in [0.5, 0.6) is 0 Å². The van der Waals surface area contributed by atoms with Crippen molar-refractivity contribution < 1.29 is 0 Å². The van der Waals surface area contributed by atoms with Crippen LogP contribution in [-0.2, 0) is 0 Å². The van der Waals surface area contributed by atoms with Crippen LogP contribution in [0.4, 0.5) is 5.69 Å². The maximum atomic E-state index is 6.30. The molecule has 0 spiro atoms. The molecule has 0 saturated heterocycles. The average Bonchev–Trinajstić information content (AvgIpc) is 2.93. The molecule has 1 N–H and O–H groups in total. The Labute approximate surface area is 147 Å². The fraction of sp³-hybridized carbons (Fsp3) is 0.250. The number of allylic oxidation sites excluding steroid dienone is 1. The van der Waals surface area contributed by atoms with Gasteiger partial charge in [0.05, 0.1) is 17.9 Å². The van der Waals surface area contributed by atoms with Gasteiger partial charge in [-0.15, -0.1) is 0 Å². The Morgan fingerprint density at radius 2 is 2.04 bits per heavy atom. The van der Waals surface area contributed by atoms with Gasteiger partial charge in [-0.2, -0.15) is 0 Å². The van der Waals surface area contributed by atoms with Gasteiger partial charge in [-0.3, -0.25) is 4.99 Å². The standard InChI is InChI=1S/C20H20ClN3/c1-2-6-16-13-24-18-10-9-15(21)11-17(18)20(22-12-19(24)23-16)14-7-4-3-5-8-14/h3-5,7-11,13,19,23H,2,6,12H2,1H3. The number of fused-ring (bicyclic) bond motifs is 3. The smallest absolute Gasteiger partial charge is 0.123 e. The van der Waals surface area contributed by atoms with Crippen molar-refractivity contribution in [2.75, 3.05) is 11.4 Å². The Morgan fingerprint density at radius 3 is 2.83 bits per heavy atom. The number of anilines is 1. The molecule has 2 aromatic rings. The fourth-order valence-corrected chi connectivity index (χ4v) is 3.56. The summed E-state index contributed by atoms with van der Waals surface area (Å²) in [5, 5.41) is 4.35. The van der Waals surface area contributed by atoms with Gasteiger partial charge in [0.1, 0.15) is 6.17 Å². The quantitative estimate of drug-likeness (QED) is 0.888. The zero-order chi connectivity index (χ0) is 16.5. The topological polar surface area (TPSA) is 27.6 Å². The van der Waals surface area contributed by atoms with E-state index in [1.807, 2.05) is 30.3 Å². The van der Waals surface area contributed by atoms with Gasteiger partial charge in [-0.25, -0.2) is 0 Å². The van der Waals surface area contributed by atoms with Crippen molar-refractivity contribution in [1.29, 1.82) is 0 Å². The van der Waals surface area contributed by atoms with Crippen LogP contribution in [0.1, 0.15) is 30.9 Å². The predicted molar refractivity (Wildman–Crippen MR) is 101 cm³/mol. The van der Waals surface area contributed by atoms with Crippen molar-refractivity contribution in [1.82, 2.24) is 5.32 Å². The number of nitrogens with zero attached hydrogens (tertiary/aromatic N) is 2. The molecule has 2 aliphatic heterocycles. The summed E-state index contributed by atoms with van der Waals surface area (Å²) in [5.41, 5.74) is 5.66. The summed E-state index contributed by atoms with van der Waals surface area (Å²) < 4.78 is 0. The lowest BCUT2D eigenvalue weighted by Gasteiger charge is -2.24. The lowest BCUT2D eigenvalue weighted by molar-refractivity contribution is 0.609. The zero-order valence-electron chi connectivity index (χ0n) is 13.7. The highest BCUT2D eigenvalue weighted by molar-refractivity contribution is 6.31. The van der Waals surface area contributed by atoms with Crippen LogP contribution in [0.3, 0.4) is 0 Å². The van der Waals surface area contributed by atoms with E-state index in [0.29, 0.717) is 6.54 Å². The van der Waals surface area contributed by atoms with E-state index in [1.165, 1.54) is 5.70 Å². The minimum atomic E-state index is 0.174. The van der Waals surface area contributed by atoms with Crippen LogP contribution in [0.2, 0.25) is 5.02 Å². The van der Waals surface area contributed by atoms with E-state index in [1.54, 1.807) is 0 Å². The Kier molecular flexibility index (Phi) is 4.03. The first-order valence-electron chi connectivity index (χ1n) is 8.41. The molecule has 3 nitrogen and oxygen atoms in total. The molecular formula is C20H20ClN3. The molecule has 4 heteroatoms. The van der Waals surface area contributed by atoms with Gasteiger partial charge in [-0.05, 0) is 24.6 Å². The van der Waals surface area contributed by atoms with Crippen LogP contribution >= 0.6 is 11.6 Å². The first-order chi connectivity index (χ1) is 11.8.